The van der Waals surface area contributed by atoms with Crippen LogP contribution in [0.3, 0.4) is 0 Å². The van der Waals surface area contributed by atoms with Crippen LogP contribution in [0.25, 0.3) is 0 Å². The van der Waals surface area contributed by atoms with Crippen molar-refractivity contribution < 1.29 is 0 Å². The first kappa shape index (κ1) is 15.8. The highest BCUT2D eigenvalue weighted by Gasteiger charge is 2.22. The molecule has 0 fully saturated rings. The fraction of sp³-hybridized carbons (Fsp3) is 0.500. The second kappa shape index (κ2) is 7.46. The number of nitrogens with zero attached hydrogens (tertiary/aromatic N) is 2. The topological polar surface area (TPSA) is 29.9 Å². The molecule has 0 aromatic carbocycles. The number of hydrogen-bond acceptors (Lipinski definition) is 3. The molecule has 1 N–H and O–H groups in total. The molecule has 2 aromatic heterocycles. The molecule has 110 valence electrons. The second-order valence-corrected chi connectivity index (χ2v) is 6.93. The van der Waals surface area contributed by atoms with E-state index in [-0.39, 0.29) is 6.04 Å². The van der Waals surface area contributed by atoms with E-state index in [0.29, 0.717) is 0 Å². The number of rotatable bonds is 7. The van der Waals surface area contributed by atoms with Gasteiger partial charge >= 0.3 is 0 Å². The summed E-state index contributed by atoms with van der Waals surface area (Å²) >= 11 is 13.8. The molecule has 1 unspecified atom stereocenters. The van der Waals surface area contributed by atoms with E-state index in [2.05, 4.69) is 24.3 Å². The Balaban J connectivity index is 2.36. The number of thiophene rings is 1. The molecule has 6 heteroatoms. The summed E-state index contributed by atoms with van der Waals surface area (Å²) in [5, 5.41) is 7.94. The maximum atomic E-state index is 6.33. The molecular weight excluding hydrogens is 313 g/mol. The van der Waals surface area contributed by atoms with Crippen LogP contribution in [0.15, 0.2) is 18.3 Å². The van der Waals surface area contributed by atoms with Crippen molar-refractivity contribution in [3.8, 4) is 0 Å². The number of halogens is 2. The lowest BCUT2D eigenvalue weighted by molar-refractivity contribution is 0.512. The maximum Gasteiger partial charge on any atom is 0.0996 e. The molecule has 1 atom stereocenters. The van der Waals surface area contributed by atoms with Crippen molar-refractivity contribution in [3.05, 3.63) is 38.3 Å². The summed E-state index contributed by atoms with van der Waals surface area (Å²) in [5.74, 6) is 0. The van der Waals surface area contributed by atoms with Crippen LogP contribution in [0.2, 0.25) is 8.67 Å². The van der Waals surface area contributed by atoms with Gasteiger partial charge in [-0.25, -0.2) is 0 Å². The molecule has 0 aliphatic heterocycles. The zero-order valence-electron chi connectivity index (χ0n) is 11.7. The van der Waals surface area contributed by atoms with Crippen LogP contribution in [0, 0.1) is 0 Å². The lowest BCUT2D eigenvalue weighted by Crippen LogP contribution is -2.25. The Morgan fingerprint density at radius 1 is 1.35 bits per heavy atom. The molecule has 0 radical (unpaired) electrons. The van der Waals surface area contributed by atoms with Crippen molar-refractivity contribution in [2.45, 2.75) is 39.3 Å². The van der Waals surface area contributed by atoms with Crippen molar-refractivity contribution in [2.24, 2.45) is 0 Å². The van der Waals surface area contributed by atoms with Gasteiger partial charge < -0.3 is 5.32 Å². The Morgan fingerprint density at radius 3 is 2.75 bits per heavy atom. The molecule has 0 spiro atoms. The molecule has 3 nitrogen and oxygen atoms in total. The van der Waals surface area contributed by atoms with E-state index in [0.717, 1.165) is 45.9 Å². The number of hydrogen-bond donors (Lipinski definition) is 1. The predicted molar refractivity (Wildman–Crippen MR) is 87.0 cm³/mol. The highest BCUT2D eigenvalue weighted by molar-refractivity contribution is 7.20. The lowest BCUT2D eigenvalue weighted by Gasteiger charge is -2.19. The van der Waals surface area contributed by atoms with Gasteiger partial charge in [-0.3, -0.25) is 4.68 Å². The second-order valence-electron chi connectivity index (χ2n) is 4.65. The summed E-state index contributed by atoms with van der Waals surface area (Å²) in [7, 11) is 0. The Bertz CT molecular complexity index is 550. The van der Waals surface area contributed by atoms with Gasteiger partial charge in [-0.2, -0.15) is 5.10 Å². The summed E-state index contributed by atoms with van der Waals surface area (Å²) in [4.78, 5) is 0. The van der Waals surface area contributed by atoms with Gasteiger partial charge in [0.1, 0.15) is 0 Å². The van der Waals surface area contributed by atoms with Crippen molar-refractivity contribution in [1.29, 1.82) is 0 Å². The fourth-order valence-electron chi connectivity index (χ4n) is 2.20. The Kier molecular flexibility index (Phi) is 5.90. The molecule has 2 rings (SSSR count). The van der Waals surface area contributed by atoms with Crippen molar-refractivity contribution in [3.63, 3.8) is 0 Å². The molecule has 0 aliphatic carbocycles. The number of aryl methyl sites for hydroxylation is 1. The molecule has 0 amide bonds. The van der Waals surface area contributed by atoms with E-state index in [1.165, 1.54) is 11.3 Å². The highest BCUT2D eigenvalue weighted by atomic mass is 35.5. The van der Waals surface area contributed by atoms with E-state index in [9.17, 15) is 0 Å². The number of nitrogens with one attached hydrogen (secondary N) is 1. The van der Waals surface area contributed by atoms with Crippen LogP contribution in [0.4, 0.5) is 0 Å². The van der Waals surface area contributed by atoms with Crippen LogP contribution >= 0.6 is 34.5 Å². The van der Waals surface area contributed by atoms with Crippen molar-refractivity contribution >= 4 is 34.5 Å². The Morgan fingerprint density at radius 2 is 2.15 bits per heavy atom. The first-order valence-corrected chi connectivity index (χ1v) is 8.44. The van der Waals surface area contributed by atoms with E-state index in [1.54, 1.807) is 0 Å². The van der Waals surface area contributed by atoms with Gasteiger partial charge in [0, 0.05) is 18.3 Å². The van der Waals surface area contributed by atoms with Gasteiger partial charge in [0.05, 0.1) is 20.4 Å². The average molecular weight is 332 g/mol. The summed E-state index contributed by atoms with van der Waals surface area (Å²) < 4.78 is 3.50. The maximum absolute atomic E-state index is 6.33. The third-order valence-electron chi connectivity index (χ3n) is 3.07. The van der Waals surface area contributed by atoms with Gasteiger partial charge in [-0.1, -0.05) is 37.0 Å². The largest absolute Gasteiger partial charge is 0.305 e. The molecule has 2 aromatic rings. The zero-order valence-corrected chi connectivity index (χ0v) is 14.0. The molecule has 20 heavy (non-hydrogen) atoms. The molecule has 0 saturated heterocycles. The first-order valence-electron chi connectivity index (χ1n) is 6.87. The minimum atomic E-state index is 0.0419. The normalized spacial score (nSPS) is 12.8. The van der Waals surface area contributed by atoms with E-state index >= 15 is 0 Å². The van der Waals surface area contributed by atoms with Crippen molar-refractivity contribution in [2.75, 3.05) is 6.54 Å². The smallest absolute Gasteiger partial charge is 0.0996 e. The Labute approximate surface area is 133 Å². The van der Waals surface area contributed by atoms with Crippen LogP contribution in [-0.4, -0.2) is 16.3 Å². The third kappa shape index (κ3) is 3.55. The van der Waals surface area contributed by atoms with E-state index in [1.807, 2.05) is 23.0 Å². The van der Waals surface area contributed by atoms with Crippen LogP contribution in [0.5, 0.6) is 0 Å². The minimum Gasteiger partial charge on any atom is -0.305 e. The molecule has 0 aliphatic rings. The van der Waals surface area contributed by atoms with E-state index < -0.39 is 0 Å². The fourth-order valence-corrected chi connectivity index (χ4v) is 3.73. The van der Waals surface area contributed by atoms with Crippen LogP contribution in [-0.2, 0) is 6.54 Å². The minimum absolute atomic E-state index is 0.0419. The molecule has 2 heterocycles. The SMILES string of the molecule is CCCNC(c1cc(Cl)sc1Cl)c1ccnn1CCC. The van der Waals surface area contributed by atoms with E-state index in [4.69, 9.17) is 23.2 Å². The number of aromatic nitrogens is 2. The molecule has 0 bridgehead atoms. The third-order valence-corrected chi connectivity index (χ3v) is 4.59. The summed E-state index contributed by atoms with van der Waals surface area (Å²) in [6.45, 7) is 6.12. The zero-order chi connectivity index (χ0) is 14.5. The van der Waals surface area contributed by atoms with Crippen LogP contribution < -0.4 is 5.32 Å². The summed E-state index contributed by atoms with van der Waals surface area (Å²) in [6, 6.07) is 4.04. The van der Waals surface area contributed by atoms with Gasteiger partial charge in [-0.15, -0.1) is 11.3 Å². The monoisotopic (exact) mass is 331 g/mol. The highest BCUT2D eigenvalue weighted by Crippen LogP contribution is 2.37. The summed E-state index contributed by atoms with van der Waals surface area (Å²) in [5.41, 5.74) is 2.17. The van der Waals surface area contributed by atoms with Gasteiger partial charge in [0.2, 0.25) is 0 Å². The standard InChI is InChI=1S/C14H19Cl2N3S/c1-3-6-17-13(10-9-12(15)20-14(10)16)11-5-7-18-19(11)8-4-2/h5,7,9,13,17H,3-4,6,8H2,1-2H3. The molecular formula is C14H19Cl2N3S. The van der Waals surface area contributed by atoms with Gasteiger partial charge in [0.25, 0.3) is 0 Å². The molecule has 0 saturated carbocycles. The average Bonchev–Trinajstić information content (AvgIpc) is 2.99. The first-order chi connectivity index (χ1) is 9.67. The van der Waals surface area contributed by atoms with Gasteiger partial charge in [0.15, 0.2) is 0 Å². The van der Waals surface area contributed by atoms with Gasteiger partial charge in [-0.05, 0) is 31.5 Å². The Hall–Kier alpha value is -0.550. The lowest BCUT2D eigenvalue weighted by atomic mass is 10.1. The van der Waals surface area contributed by atoms with Crippen LogP contribution in [0.1, 0.15) is 44.0 Å². The quantitative estimate of drug-likeness (QED) is 0.793. The summed E-state index contributed by atoms with van der Waals surface area (Å²) in [6.07, 6.45) is 3.95. The van der Waals surface area contributed by atoms with Crippen molar-refractivity contribution in [1.82, 2.24) is 15.1 Å². The predicted octanol–water partition coefficient (Wildman–Crippen LogP) is 4.75.